The SMILES string of the molecule is CCOc1cc(F)c(C=Cc2ccc(F)c(F)c2)c(F)c1. The van der Waals surface area contributed by atoms with E-state index in [1.807, 2.05) is 0 Å². The first-order chi connectivity index (χ1) is 10.0. The van der Waals surface area contributed by atoms with Gasteiger partial charge in [-0.15, -0.1) is 0 Å². The lowest BCUT2D eigenvalue weighted by molar-refractivity contribution is 0.335. The van der Waals surface area contributed by atoms with Crippen LogP contribution in [0.4, 0.5) is 17.6 Å². The first-order valence-electron chi connectivity index (χ1n) is 6.26. The Morgan fingerprint density at radius 2 is 1.52 bits per heavy atom. The van der Waals surface area contributed by atoms with E-state index in [1.54, 1.807) is 6.92 Å². The molecule has 0 aliphatic carbocycles. The Hall–Kier alpha value is -2.30. The van der Waals surface area contributed by atoms with E-state index in [9.17, 15) is 17.6 Å². The summed E-state index contributed by atoms with van der Waals surface area (Å²) in [7, 11) is 0. The number of benzene rings is 2. The van der Waals surface area contributed by atoms with Crippen LogP contribution >= 0.6 is 0 Å². The lowest BCUT2D eigenvalue weighted by atomic mass is 10.1. The van der Waals surface area contributed by atoms with Crippen molar-refractivity contribution in [3.05, 3.63) is 64.7 Å². The lowest BCUT2D eigenvalue weighted by Gasteiger charge is -2.06. The van der Waals surface area contributed by atoms with Crippen LogP contribution in [0.5, 0.6) is 5.75 Å². The maximum Gasteiger partial charge on any atom is 0.159 e. The summed E-state index contributed by atoms with van der Waals surface area (Å²) in [5.41, 5.74) is 0.0183. The Bertz CT molecular complexity index is 657. The Labute approximate surface area is 119 Å². The van der Waals surface area contributed by atoms with Gasteiger partial charge in [0.15, 0.2) is 11.6 Å². The van der Waals surface area contributed by atoms with E-state index in [-0.39, 0.29) is 11.3 Å². The number of hydrogen-bond donors (Lipinski definition) is 0. The van der Waals surface area contributed by atoms with Gasteiger partial charge in [-0.3, -0.25) is 0 Å². The molecule has 0 aliphatic rings. The molecule has 2 aromatic rings. The van der Waals surface area contributed by atoms with Crippen molar-refractivity contribution in [2.24, 2.45) is 0 Å². The fraction of sp³-hybridized carbons (Fsp3) is 0.125. The number of ether oxygens (including phenoxy) is 1. The van der Waals surface area contributed by atoms with Gasteiger partial charge in [0.25, 0.3) is 0 Å². The van der Waals surface area contributed by atoms with E-state index in [4.69, 9.17) is 4.74 Å². The summed E-state index contributed by atoms with van der Waals surface area (Å²) in [6.07, 6.45) is 2.46. The van der Waals surface area contributed by atoms with E-state index in [0.29, 0.717) is 12.2 Å². The molecule has 0 atom stereocenters. The van der Waals surface area contributed by atoms with Crippen LogP contribution in [-0.2, 0) is 0 Å². The molecule has 0 amide bonds. The molecule has 21 heavy (non-hydrogen) atoms. The van der Waals surface area contributed by atoms with Gasteiger partial charge in [-0.05, 0) is 30.7 Å². The van der Waals surface area contributed by atoms with Crippen LogP contribution in [0.15, 0.2) is 30.3 Å². The van der Waals surface area contributed by atoms with Crippen molar-refractivity contribution in [3.63, 3.8) is 0 Å². The van der Waals surface area contributed by atoms with Crippen LogP contribution in [0.1, 0.15) is 18.1 Å². The number of rotatable bonds is 4. The monoisotopic (exact) mass is 296 g/mol. The zero-order valence-electron chi connectivity index (χ0n) is 11.2. The van der Waals surface area contributed by atoms with Crippen molar-refractivity contribution in [1.82, 2.24) is 0 Å². The minimum absolute atomic E-state index is 0.0949. The van der Waals surface area contributed by atoms with Crippen LogP contribution in [0.2, 0.25) is 0 Å². The largest absolute Gasteiger partial charge is 0.494 e. The molecule has 2 rings (SSSR count). The number of halogens is 4. The van der Waals surface area contributed by atoms with E-state index < -0.39 is 23.3 Å². The van der Waals surface area contributed by atoms with Gasteiger partial charge in [0.05, 0.1) is 6.61 Å². The van der Waals surface area contributed by atoms with Gasteiger partial charge in [0, 0.05) is 17.7 Å². The quantitative estimate of drug-likeness (QED) is 0.581. The second-order valence-electron chi connectivity index (χ2n) is 4.24. The van der Waals surface area contributed by atoms with Crippen molar-refractivity contribution >= 4 is 12.2 Å². The normalized spacial score (nSPS) is 11.1. The van der Waals surface area contributed by atoms with Crippen LogP contribution < -0.4 is 4.74 Å². The number of hydrogen-bond acceptors (Lipinski definition) is 1. The van der Waals surface area contributed by atoms with Crippen molar-refractivity contribution in [2.45, 2.75) is 6.92 Å². The molecule has 0 unspecified atom stereocenters. The molecule has 0 bridgehead atoms. The molecule has 110 valence electrons. The third kappa shape index (κ3) is 3.62. The predicted octanol–water partition coefficient (Wildman–Crippen LogP) is 4.81. The Morgan fingerprint density at radius 3 is 2.10 bits per heavy atom. The smallest absolute Gasteiger partial charge is 0.159 e. The molecule has 0 aromatic heterocycles. The third-order valence-electron chi connectivity index (χ3n) is 2.75. The molecule has 0 saturated heterocycles. The van der Waals surface area contributed by atoms with Crippen LogP contribution in [-0.4, -0.2) is 6.61 Å². The van der Waals surface area contributed by atoms with Crippen LogP contribution in [0, 0.1) is 23.3 Å². The first-order valence-corrected chi connectivity index (χ1v) is 6.26. The summed E-state index contributed by atoms with van der Waals surface area (Å²) >= 11 is 0. The highest BCUT2D eigenvalue weighted by Gasteiger charge is 2.09. The van der Waals surface area contributed by atoms with Gasteiger partial charge in [-0.25, -0.2) is 17.6 Å². The molecule has 0 fully saturated rings. The van der Waals surface area contributed by atoms with Gasteiger partial charge in [-0.1, -0.05) is 12.1 Å². The zero-order chi connectivity index (χ0) is 15.4. The molecule has 0 radical (unpaired) electrons. The van der Waals surface area contributed by atoms with Gasteiger partial charge < -0.3 is 4.74 Å². The van der Waals surface area contributed by atoms with Crippen LogP contribution in [0.3, 0.4) is 0 Å². The van der Waals surface area contributed by atoms with Gasteiger partial charge in [0.1, 0.15) is 17.4 Å². The van der Waals surface area contributed by atoms with Crippen molar-refractivity contribution in [2.75, 3.05) is 6.61 Å². The molecule has 5 heteroatoms. The molecule has 0 saturated carbocycles. The summed E-state index contributed by atoms with van der Waals surface area (Å²) < 4.78 is 58.4. The fourth-order valence-corrected chi connectivity index (χ4v) is 1.77. The summed E-state index contributed by atoms with van der Waals surface area (Å²) in [6.45, 7) is 2.00. The Kier molecular flexibility index (Phi) is 4.62. The van der Waals surface area contributed by atoms with E-state index >= 15 is 0 Å². The highest BCUT2D eigenvalue weighted by molar-refractivity contribution is 5.70. The molecule has 0 aliphatic heterocycles. The van der Waals surface area contributed by atoms with E-state index in [1.165, 1.54) is 12.1 Å². The molecule has 0 heterocycles. The zero-order valence-corrected chi connectivity index (χ0v) is 11.2. The molecular weight excluding hydrogens is 284 g/mol. The third-order valence-corrected chi connectivity index (χ3v) is 2.75. The predicted molar refractivity (Wildman–Crippen MR) is 72.8 cm³/mol. The van der Waals surface area contributed by atoms with Crippen molar-refractivity contribution in [3.8, 4) is 5.75 Å². The molecule has 1 nitrogen and oxygen atoms in total. The summed E-state index contributed by atoms with van der Waals surface area (Å²) in [5.74, 6) is -3.50. The van der Waals surface area contributed by atoms with E-state index in [0.717, 1.165) is 30.3 Å². The Balaban J connectivity index is 2.30. The standard InChI is InChI=1S/C16H12F4O/c1-2-21-11-8-14(18)12(15(19)9-11)5-3-10-4-6-13(17)16(20)7-10/h3-9H,2H2,1H3. The highest BCUT2D eigenvalue weighted by Crippen LogP contribution is 2.23. The topological polar surface area (TPSA) is 9.23 Å². The molecule has 2 aromatic carbocycles. The van der Waals surface area contributed by atoms with Gasteiger partial charge >= 0.3 is 0 Å². The Morgan fingerprint density at radius 1 is 0.857 bits per heavy atom. The maximum absolute atomic E-state index is 13.8. The highest BCUT2D eigenvalue weighted by atomic mass is 19.2. The summed E-state index contributed by atoms with van der Waals surface area (Å²) in [5, 5.41) is 0. The van der Waals surface area contributed by atoms with E-state index in [2.05, 4.69) is 0 Å². The summed E-state index contributed by atoms with van der Waals surface area (Å²) in [6, 6.07) is 5.32. The summed E-state index contributed by atoms with van der Waals surface area (Å²) in [4.78, 5) is 0. The minimum Gasteiger partial charge on any atom is -0.494 e. The average Bonchev–Trinajstić information content (AvgIpc) is 2.42. The molecule has 0 spiro atoms. The molecular formula is C16H12F4O. The fourth-order valence-electron chi connectivity index (χ4n) is 1.77. The van der Waals surface area contributed by atoms with Gasteiger partial charge in [0.2, 0.25) is 0 Å². The lowest BCUT2D eigenvalue weighted by Crippen LogP contribution is -1.96. The van der Waals surface area contributed by atoms with Crippen LogP contribution in [0.25, 0.3) is 12.2 Å². The minimum atomic E-state index is -1.02. The first kappa shape index (κ1) is 15.1. The average molecular weight is 296 g/mol. The maximum atomic E-state index is 13.8. The second-order valence-corrected chi connectivity index (χ2v) is 4.24. The van der Waals surface area contributed by atoms with Gasteiger partial charge in [-0.2, -0.15) is 0 Å². The molecule has 0 N–H and O–H groups in total. The van der Waals surface area contributed by atoms with Crippen molar-refractivity contribution < 1.29 is 22.3 Å². The van der Waals surface area contributed by atoms with Crippen molar-refractivity contribution in [1.29, 1.82) is 0 Å². The second kappa shape index (κ2) is 6.43.